The van der Waals surface area contributed by atoms with E-state index in [1.807, 2.05) is 19.2 Å². The summed E-state index contributed by atoms with van der Waals surface area (Å²) in [6.45, 7) is 3.87. The molecule has 1 aliphatic carbocycles. The zero-order valence-electron chi connectivity index (χ0n) is 9.57. The third-order valence-corrected chi connectivity index (χ3v) is 4.75. The first-order valence-electron chi connectivity index (χ1n) is 5.53. The average Bonchev–Trinajstić information content (AvgIpc) is 2.73. The maximum Gasteiger partial charge on any atom is 0.186 e. The summed E-state index contributed by atoms with van der Waals surface area (Å²) in [7, 11) is 2.03. The monoisotopic (exact) mass is 301 g/mol. The lowest BCUT2D eigenvalue weighted by molar-refractivity contribution is 0.0947. The van der Waals surface area contributed by atoms with Crippen LogP contribution >= 0.6 is 27.3 Å². The molecule has 0 aromatic carbocycles. The molecule has 2 nitrogen and oxygen atoms in total. The summed E-state index contributed by atoms with van der Waals surface area (Å²) in [5.41, 5.74) is 0. The Hall–Kier alpha value is -0.190. The molecule has 0 amide bonds. The van der Waals surface area contributed by atoms with E-state index < -0.39 is 0 Å². The first-order valence-corrected chi connectivity index (χ1v) is 7.14. The van der Waals surface area contributed by atoms with Gasteiger partial charge in [0.1, 0.15) is 0 Å². The minimum absolute atomic E-state index is 0.228. The van der Waals surface area contributed by atoms with Gasteiger partial charge >= 0.3 is 0 Å². The zero-order valence-corrected chi connectivity index (χ0v) is 12.0. The Morgan fingerprint density at radius 2 is 2.31 bits per heavy atom. The molecule has 4 heteroatoms. The fourth-order valence-electron chi connectivity index (χ4n) is 1.91. The number of thiophene rings is 1. The number of ketones is 1. The summed E-state index contributed by atoms with van der Waals surface area (Å²) in [5, 5.41) is 0. The van der Waals surface area contributed by atoms with Crippen molar-refractivity contribution in [3.63, 3.8) is 0 Å². The topological polar surface area (TPSA) is 20.3 Å². The minimum Gasteiger partial charge on any atom is -0.299 e. The molecule has 1 aliphatic rings. The number of likely N-dealkylation sites (N-methyl/N-ethyl adjacent to an activating group) is 1. The number of carbonyl (C=O) groups is 1. The first-order chi connectivity index (χ1) is 7.56. The molecule has 2 unspecified atom stereocenters. The fourth-order valence-corrected chi connectivity index (χ4v) is 3.22. The normalized spacial score (nSPS) is 23.8. The summed E-state index contributed by atoms with van der Waals surface area (Å²) < 4.78 is 1.02. The lowest BCUT2D eigenvalue weighted by atomic mass is 10.2. The van der Waals surface area contributed by atoms with Crippen molar-refractivity contribution >= 4 is 33.0 Å². The van der Waals surface area contributed by atoms with E-state index in [2.05, 4.69) is 27.8 Å². The highest BCUT2D eigenvalue weighted by Crippen LogP contribution is 2.37. The van der Waals surface area contributed by atoms with Crippen molar-refractivity contribution in [2.75, 3.05) is 20.1 Å². The second-order valence-corrected chi connectivity index (χ2v) is 7.16. The molecule has 88 valence electrons. The van der Waals surface area contributed by atoms with Crippen molar-refractivity contribution in [3.8, 4) is 0 Å². The van der Waals surface area contributed by atoms with Crippen molar-refractivity contribution < 1.29 is 4.79 Å². The van der Waals surface area contributed by atoms with Crippen molar-refractivity contribution in [2.24, 2.45) is 11.8 Å². The molecular formula is C12H16BrNOS. The van der Waals surface area contributed by atoms with Crippen LogP contribution in [0.25, 0.3) is 0 Å². The van der Waals surface area contributed by atoms with Gasteiger partial charge in [-0.25, -0.2) is 0 Å². The summed E-state index contributed by atoms with van der Waals surface area (Å²) in [4.78, 5) is 14.9. The van der Waals surface area contributed by atoms with Crippen LogP contribution in [0, 0.1) is 11.8 Å². The van der Waals surface area contributed by atoms with Gasteiger partial charge in [0.05, 0.1) is 15.2 Å². The standard InChI is InChI=1S/C12H16BrNOS/c1-8-5-9(8)6-14(2)7-10(15)11-3-4-12(13)16-11/h3-4,8-9H,5-7H2,1-2H3. The Morgan fingerprint density at radius 3 is 2.81 bits per heavy atom. The molecule has 2 rings (SSSR count). The maximum absolute atomic E-state index is 11.9. The summed E-state index contributed by atoms with van der Waals surface area (Å²) >= 11 is 4.89. The van der Waals surface area contributed by atoms with Crippen LogP contribution in [-0.2, 0) is 0 Å². The minimum atomic E-state index is 0.228. The highest BCUT2D eigenvalue weighted by atomic mass is 79.9. The molecule has 0 bridgehead atoms. The van der Waals surface area contributed by atoms with Gasteiger partial charge in [0.25, 0.3) is 0 Å². The summed E-state index contributed by atoms with van der Waals surface area (Å²) in [5.74, 6) is 1.90. The highest BCUT2D eigenvalue weighted by molar-refractivity contribution is 9.11. The maximum atomic E-state index is 11.9. The van der Waals surface area contributed by atoms with Crippen LogP contribution in [0.1, 0.15) is 23.0 Å². The van der Waals surface area contributed by atoms with E-state index in [-0.39, 0.29) is 5.78 Å². The number of hydrogen-bond acceptors (Lipinski definition) is 3. The predicted molar refractivity (Wildman–Crippen MR) is 71.1 cm³/mol. The Labute approximate surface area is 109 Å². The average molecular weight is 302 g/mol. The fraction of sp³-hybridized carbons (Fsp3) is 0.583. The number of Topliss-reactive ketones (excluding diaryl/α,β-unsaturated/α-hetero) is 1. The third kappa shape index (κ3) is 3.15. The SMILES string of the molecule is CC1CC1CN(C)CC(=O)c1ccc(Br)s1. The largest absolute Gasteiger partial charge is 0.299 e. The quantitative estimate of drug-likeness (QED) is 0.778. The number of halogens is 1. The van der Waals surface area contributed by atoms with Gasteiger partial charge in [-0.15, -0.1) is 11.3 Å². The molecule has 1 fully saturated rings. The van der Waals surface area contributed by atoms with E-state index in [4.69, 9.17) is 0 Å². The number of carbonyl (C=O) groups excluding carboxylic acids is 1. The van der Waals surface area contributed by atoms with Crippen LogP contribution in [0.3, 0.4) is 0 Å². The molecular weight excluding hydrogens is 286 g/mol. The Kier molecular flexibility index (Phi) is 3.82. The number of rotatable bonds is 5. The van der Waals surface area contributed by atoms with Crippen LogP contribution in [-0.4, -0.2) is 30.8 Å². The molecule has 1 saturated carbocycles. The van der Waals surface area contributed by atoms with Crippen LogP contribution in [0.5, 0.6) is 0 Å². The van der Waals surface area contributed by atoms with Gasteiger partial charge in [-0.2, -0.15) is 0 Å². The van der Waals surface area contributed by atoms with Gasteiger partial charge in [-0.3, -0.25) is 9.69 Å². The summed E-state index contributed by atoms with van der Waals surface area (Å²) in [6.07, 6.45) is 1.32. The van der Waals surface area contributed by atoms with Crippen molar-refractivity contribution in [2.45, 2.75) is 13.3 Å². The highest BCUT2D eigenvalue weighted by Gasteiger charge is 2.33. The van der Waals surface area contributed by atoms with Gasteiger partial charge in [-0.05, 0) is 53.4 Å². The predicted octanol–water partition coefficient (Wildman–Crippen LogP) is 3.28. The van der Waals surface area contributed by atoms with Crippen LogP contribution < -0.4 is 0 Å². The van der Waals surface area contributed by atoms with Gasteiger partial charge in [0.2, 0.25) is 0 Å². The molecule has 0 radical (unpaired) electrons. The van der Waals surface area contributed by atoms with Crippen molar-refractivity contribution in [3.05, 3.63) is 20.8 Å². The molecule has 0 aliphatic heterocycles. The van der Waals surface area contributed by atoms with Gasteiger partial charge in [0, 0.05) is 6.54 Å². The summed E-state index contributed by atoms with van der Waals surface area (Å²) in [6, 6.07) is 3.82. The molecule has 1 aromatic rings. The molecule has 1 aromatic heterocycles. The van der Waals surface area contributed by atoms with E-state index in [9.17, 15) is 4.79 Å². The molecule has 0 saturated heterocycles. The van der Waals surface area contributed by atoms with E-state index in [1.54, 1.807) is 0 Å². The van der Waals surface area contributed by atoms with Gasteiger partial charge in [0.15, 0.2) is 5.78 Å². The third-order valence-electron chi connectivity index (χ3n) is 3.08. The second kappa shape index (κ2) is 4.98. The number of nitrogens with zero attached hydrogens (tertiary/aromatic N) is 1. The number of hydrogen-bond donors (Lipinski definition) is 0. The molecule has 2 atom stereocenters. The molecule has 1 heterocycles. The molecule has 0 N–H and O–H groups in total. The smallest absolute Gasteiger partial charge is 0.186 e. The van der Waals surface area contributed by atoms with Crippen LogP contribution in [0.4, 0.5) is 0 Å². The molecule has 16 heavy (non-hydrogen) atoms. The van der Waals surface area contributed by atoms with E-state index in [1.165, 1.54) is 17.8 Å². The van der Waals surface area contributed by atoms with E-state index in [0.717, 1.165) is 27.0 Å². The lowest BCUT2D eigenvalue weighted by Crippen LogP contribution is -2.27. The lowest BCUT2D eigenvalue weighted by Gasteiger charge is -2.14. The molecule has 0 spiro atoms. The van der Waals surface area contributed by atoms with E-state index >= 15 is 0 Å². The van der Waals surface area contributed by atoms with Crippen LogP contribution in [0.15, 0.2) is 15.9 Å². The Morgan fingerprint density at radius 1 is 1.62 bits per heavy atom. The van der Waals surface area contributed by atoms with Gasteiger partial charge in [-0.1, -0.05) is 6.92 Å². The zero-order chi connectivity index (χ0) is 11.7. The van der Waals surface area contributed by atoms with Gasteiger partial charge < -0.3 is 0 Å². The second-order valence-electron chi connectivity index (χ2n) is 4.70. The van der Waals surface area contributed by atoms with E-state index in [0.29, 0.717) is 6.54 Å². The van der Waals surface area contributed by atoms with Crippen LogP contribution in [0.2, 0.25) is 0 Å². The Bertz CT molecular complexity index is 390. The van der Waals surface area contributed by atoms with Crippen molar-refractivity contribution in [1.82, 2.24) is 4.90 Å². The first kappa shape index (κ1) is 12.3. The Balaban J connectivity index is 1.82. The van der Waals surface area contributed by atoms with Crippen molar-refractivity contribution in [1.29, 1.82) is 0 Å².